The topological polar surface area (TPSA) is 3.24 Å². The van der Waals surface area contributed by atoms with Gasteiger partial charge in [-0.15, -0.1) is 0 Å². The molecule has 0 saturated heterocycles. The largest absolute Gasteiger partial charge is 0.304 e. The number of nitrogens with zero attached hydrogens (tertiary/aromatic N) is 1. The maximum absolute atomic E-state index is 2.46. The molecule has 0 spiro atoms. The summed E-state index contributed by atoms with van der Waals surface area (Å²) in [5.41, 5.74) is 0. The maximum Gasteiger partial charge on any atom is 0.00355 e. The van der Waals surface area contributed by atoms with E-state index in [0.717, 1.165) is 5.92 Å². The summed E-state index contributed by atoms with van der Waals surface area (Å²) in [6.07, 6.45) is 15.9. The first-order valence-corrected chi connectivity index (χ1v) is 9.24. The first kappa shape index (κ1) is 20.0. The lowest BCUT2D eigenvalue weighted by Gasteiger charge is -2.20. The Morgan fingerprint density at radius 3 is 1.40 bits per heavy atom. The lowest BCUT2D eigenvalue weighted by Crippen LogP contribution is -2.27. The number of hydrogen-bond donors (Lipinski definition) is 0. The second-order valence-corrected chi connectivity index (χ2v) is 7.29. The molecule has 1 nitrogen and oxygen atoms in total. The Kier molecular flexibility index (Phi) is 13.9. The predicted octanol–water partition coefficient (Wildman–Crippen LogP) is 6.27. The first-order valence-electron chi connectivity index (χ1n) is 9.24. The zero-order valence-corrected chi connectivity index (χ0v) is 15.1. The van der Waals surface area contributed by atoms with Gasteiger partial charge in [0.2, 0.25) is 0 Å². The van der Waals surface area contributed by atoms with E-state index in [4.69, 9.17) is 0 Å². The third kappa shape index (κ3) is 14.4. The van der Waals surface area contributed by atoms with Gasteiger partial charge >= 0.3 is 0 Å². The molecule has 0 heterocycles. The zero-order valence-electron chi connectivity index (χ0n) is 15.1. The quantitative estimate of drug-likeness (QED) is 0.339. The highest BCUT2D eigenvalue weighted by Gasteiger charge is 2.01. The first-order chi connectivity index (χ1) is 9.54. The number of rotatable bonds is 14. The van der Waals surface area contributed by atoms with Gasteiger partial charge < -0.3 is 4.90 Å². The van der Waals surface area contributed by atoms with Crippen LogP contribution in [0.1, 0.15) is 98.3 Å². The standard InChI is InChI=1S/C19H41N/c1-18(2)16-14-12-10-8-6-7-9-11-13-15-17-20(5)19(3)4/h18-19H,6-17H2,1-5H3. The van der Waals surface area contributed by atoms with Crippen LogP contribution in [0.2, 0.25) is 0 Å². The van der Waals surface area contributed by atoms with Gasteiger partial charge in [-0.05, 0) is 39.8 Å². The molecule has 0 unspecified atom stereocenters. The SMILES string of the molecule is CC(C)CCCCCCCCCCCCN(C)C(C)C. The smallest absolute Gasteiger partial charge is 0.00355 e. The second-order valence-electron chi connectivity index (χ2n) is 7.29. The van der Waals surface area contributed by atoms with E-state index in [1.165, 1.54) is 77.2 Å². The minimum atomic E-state index is 0.700. The van der Waals surface area contributed by atoms with E-state index < -0.39 is 0 Å². The Morgan fingerprint density at radius 2 is 1.00 bits per heavy atom. The van der Waals surface area contributed by atoms with Crippen molar-refractivity contribution in [2.75, 3.05) is 13.6 Å². The molecule has 122 valence electrons. The summed E-state index contributed by atoms with van der Waals surface area (Å²) in [5, 5.41) is 0. The summed E-state index contributed by atoms with van der Waals surface area (Å²) in [4.78, 5) is 2.46. The van der Waals surface area contributed by atoms with Gasteiger partial charge in [0, 0.05) is 6.04 Å². The van der Waals surface area contributed by atoms with Crippen LogP contribution in [-0.4, -0.2) is 24.5 Å². The maximum atomic E-state index is 2.46. The highest BCUT2D eigenvalue weighted by Crippen LogP contribution is 2.13. The fourth-order valence-electron chi connectivity index (χ4n) is 2.59. The van der Waals surface area contributed by atoms with Crippen molar-refractivity contribution in [2.45, 2.75) is 104 Å². The molecular formula is C19H41N. The Balaban J connectivity index is 3.06. The van der Waals surface area contributed by atoms with Crippen LogP contribution < -0.4 is 0 Å². The van der Waals surface area contributed by atoms with Crippen LogP contribution in [-0.2, 0) is 0 Å². The van der Waals surface area contributed by atoms with Crippen LogP contribution in [0.25, 0.3) is 0 Å². The minimum absolute atomic E-state index is 0.700. The average Bonchev–Trinajstić information content (AvgIpc) is 2.39. The van der Waals surface area contributed by atoms with Gasteiger partial charge in [0.15, 0.2) is 0 Å². The van der Waals surface area contributed by atoms with E-state index in [1.807, 2.05) is 0 Å². The molecule has 0 radical (unpaired) electrons. The van der Waals surface area contributed by atoms with Crippen LogP contribution in [0.15, 0.2) is 0 Å². The summed E-state index contributed by atoms with van der Waals surface area (Å²) < 4.78 is 0. The molecule has 0 aliphatic carbocycles. The van der Waals surface area contributed by atoms with Crippen LogP contribution in [0.3, 0.4) is 0 Å². The molecule has 0 saturated carbocycles. The van der Waals surface area contributed by atoms with E-state index in [1.54, 1.807) is 0 Å². The Hall–Kier alpha value is -0.0400. The monoisotopic (exact) mass is 283 g/mol. The molecule has 0 fully saturated rings. The van der Waals surface area contributed by atoms with E-state index >= 15 is 0 Å². The molecule has 0 rings (SSSR count). The van der Waals surface area contributed by atoms with Crippen LogP contribution in [0.5, 0.6) is 0 Å². The Morgan fingerprint density at radius 1 is 0.600 bits per heavy atom. The Bertz CT molecular complexity index is 186. The van der Waals surface area contributed by atoms with Gasteiger partial charge in [-0.3, -0.25) is 0 Å². The molecule has 20 heavy (non-hydrogen) atoms. The van der Waals surface area contributed by atoms with Crippen molar-refractivity contribution in [3.63, 3.8) is 0 Å². The average molecular weight is 284 g/mol. The fraction of sp³-hybridized carbons (Fsp3) is 1.00. The van der Waals surface area contributed by atoms with E-state index in [2.05, 4.69) is 39.6 Å². The molecule has 0 aromatic carbocycles. The van der Waals surface area contributed by atoms with Crippen LogP contribution >= 0.6 is 0 Å². The van der Waals surface area contributed by atoms with Gasteiger partial charge in [-0.2, -0.15) is 0 Å². The van der Waals surface area contributed by atoms with Crippen LogP contribution in [0, 0.1) is 5.92 Å². The third-order valence-electron chi connectivity index (χ3n) is 4.42. The molecule has 0 aliphatic heterocycles. The number of unbranched alkanes of at least 4 members (excludes halogenated alkanes) is 9. The van der Waals surface area contributed by atoms with E-state index in [0.29, 0.717) is 6.04 Å². The van der Waals surface area contributed by atoms with Crippen molar-refractivity contribution < 1.29 is 0 Å². The molecule has 0 N–H and O–H groups in total. The van der Waals surface area contributed by atoms with Crippen LogP contribution in [0.4, 0.5) is 0 Å². The highest BCUT2D eigenvalue weighted by molar-refractivity contribution is 4.57. The van der Waals surface area contributed by atoms with Gasteiger partial charge in [0.1, 0.15) is 0 Å². The molecule has 0 aromatic rings. The van der Waals surface area contributed by atoms with Gasteiger partial charge in [0.05, 0.1) is 0 Å². The Labute approximate surface area is 129 Å². The summed E-state index contributed by atoms with van der Waals surface area (Å²) in [5.74, 6) is 0.893. The third-order valence-corrected chi connectivity index (χ3v) is 4.42. The van der Waals surface area contributed by atoms with E-state index in [-0.39, 0.29) is 0 Å². The van der Waals surface area contributed by atoms with Crippen molar-refractivity contribution in [3.05, 3.63) is 0 Å². The van der Waals surface area contributed by atoms with Gasteiger partial charge in [-0.1, -0.05) is 78.1 Å². The highest BCUT2D eigenvalue weighted by atomic mass is 15.1. The summed E-state index contributed by atoms with van der Waals surface area (Å²) >= 11 is 0. The van der Waals surface area contributed by atoms with E-state index in [9.17, 15) is 0 Å². The molecule has 0 bridgehead atoms. The van der Waals surface area contributed by atoms with Gasteiger partial charge in [0.25, 0.3) is 0 Å². The molecule has 0 aromatic heterocycles. The summed E-state index contributed by atoms with van der Waals surface area (Å²) in [6, 6.07) is 0.700. The zero-order chi connectivity index (χ0) is 15.2. The van der Waals surface area contributed by atoms with Crippen molar-refractivity contribution in [1.29, 1.82) is 0 Å². The van der Waals surface area contributed by atoms with Crippen molar-refractivity contribution in [3.8, 4) is 0 Å². The lowest BCUT2D eigenvalue weighted by molar-refractivity contribution is 0.267. The molecule has 1 heteroatoms. The van der Waals surface area contributed by atoms with Crippen molar-refractivity contribution >= 4 is 0 Å². The molecular weight excluding hydrogens is 242 g/mol. The predicted molar refractivity (Wildman–Crippen MR) is 93.4 cm³/mol. The van der Waals surface area contributed by atoms with Crippen molar-refractivity contribution in [1.82, 2.24) is 4.90 Å². The summed E-state index contributed by atoms with van der Waals surface area (Å²) in [6.45, 7) is 10.5. The second kappa shape index (κ2) is 13.9. The molecule has 0 atom stereocenters. The number of hydrogen-bond acceptors (Lipinski definition) is 1. The summed E-state index contributed by atoms with van der Waals surface area (Å²) in [7, 11) is 2.24. The minimum Gasteiger partial charge on any atom is -0.304 e. The fourth-order valence-corrected chi connectivity index (χ4v) is 2.59. The normalized spacial score (nSPS) is 12.0. The molecule has 0 aliphatic rings. The van der Waals surface area contributed by atoms with Gasteiger partial charge in [-0.25, -0.2) is 0 Å². The van der Waals surface area contributed by atoms with Crippen molar-refractivity contribution in [2.24, 2.45) is 5.92 Å². The lowest BCUT2D eigenvalue weighted by atomic mass is 10.0. The molecule has 0 amide bonds.